The maximum Gasteiger partial charge on any atom is 0.115 e. The molecule has 3 rings (SSSR count). The standard InChI is InChI=1S/C18H20O/c1-17(2)12-18(3,13-7-6-8-14(19)11-13)16-10-5-4-9-15(16)17/h4-11,19H,12H2,1-3H3. The monoisotopic (exact) mass is 252 g/mol. The molecular weight excluding hydrogens is 232 g/mol. The minimum absolute atomic E-state index is 0.0150. The molecule has 0 radical (unpaired) electrons. The van der Waals surface area contributed by atoms with Crippen LogP contribution in [-0.2, 0) is 10.8 Å². The molecule has 0 aromatic heterocycles. The van der Waals surface area contributed by atoms with Crippen LogP contribution in [0.15, 0.2) is 48.5 Å². The molecule has 0 amide bonds. The fourth-order valence-corrected chi connectivity index (χ4v) is 3.74. The van der Waals surface area contributed by atoms with Crippen LogP contribution in [0.25, 0.3) is 0 Å². The zero-order chi connectivity index (χ0) is 13.7. The van der Waals surface area contributed by atoms with E-state index in [1.54, 1.807) is 6.07 Å². The molecule has 98 valence electrons. The first-order valence-electron chi connectivity index (χ1n) is 6.83. The van der Waals surface area contributed by atoms with Crippen LogP contribution < -0.4 is 0 Å². The van der Waals surface area contributed by atoms with E-state index in [0.29, 0.717) is 5.75 Å². The fourth-order valence-electron chi connectivity index (χ4n) is 3.74. The highest BCUT2D eigenvalue weighted by Gasteiger charge is 2.45. The van der Waals surface area contributed by atoms with Gasteiger partial charge in [-0.25, -0.2) is 0 Å². The van der Waals surface area contributed by atoms with Crippen LogP contribution in [-0.4, -0.2) is 5.11 Å². The number of rotatable bonds is 1. The van der Waals surface area contributed by atoms with Gasteiger partial charge in [0, 0.05) is 5.41 Å². The number of hydrogen-bond acceptors (Lipinski definition) is 1. The summed E-state index contributed by atoms with van der Waals surface area (Å²) in [4.78, 5) is 0. The molecule has 1 nitrogen and oxygen atoms in total. The molecule has 0 bridgehead atoms. The Hall–Kier alpha value is -1.76. The van der Waals surface area contributed by atoms with Crippen LogP contribution in [0.2, 0.25) is 0 Å². The highest BCUT2D eigenvalue weighted by atomic mass is 16.3. The molecule has 0 aliphatic heterocycles. The quantitative estimate of drug-likeness (QED) is 0.798. The minimum atomic E-state index is -0.0150. The summed E-state index contributed by atoms with van der Waals surface area (Å²) in [5.41, 5.74) is 4.19. The van der Waals surface area contributed by atoms with Gasteiger partial charge in [0.25, 0.3) is 0 Å². The number of aromatic hydroxyl groups is 1. The first-order valence-corrected chi connectivity index (χ1v) is 6.83. The summed E-state index contributed by atoms with van der Waals surface area (Å²) in [5.74, 6) is 0.348. The predicted molar refractivity (Wildman–Crippen MR) is 78.6 cm³/mol. The average molecular weight is 252 g/mol. The van der Waals surface area contributed by atoms with Gasteiger partial charge in [0.15, 0.2) is 0 Å². The first kappa shape index (κ1) is 12.3. The van der Waals surface area contributed by atoms with Crippen LogP contribution in [0, 0.1) is 0 Å². The molecule has 2 aromatic carbocycles. The van der Waals surface area contributed by atoms with E-state index in [2.05, 4.69) is 51.1 Å². The molecule has 1 aliphatic carbocycles. The van der Waals surface area contributed by atoms with Crippen LogP contribution in [0.3, 0.4) is 0 Å². The lowest BCUT2D eigenvalue weighted by molar-refractivity contribution is 0.421. The molecule has 0 fully saturated rings. The Morgan fingerprint density at radius 3 is 2.26 bits per heavy atom. The van der Waals surface area contributed by atoms with E-state index in [4.69, 9.17) is 0 Å². The smallest absolute Gasteiger partial charge is 0.115 e. The summed E-state index contributed by atoms with van der Waals surface area (Å²) in [6.45, 7) is 6.90. The predicted octanol–water partition coefficient (Wildman–Crippen LogP) is 4.38. The molecule has 0 heterocycles. The van der Waals surface area contributed by atoms with Crippen molar-refractivity contribution in [2.75, 3.05) is 0 Å². The Morgan fingerprint density at radius 1 is 0.895 bits per heavy atom. The highest BCUT2D eigenvalue weighted by molar-refractivity contribution is 5.52. The van der Waals surface area contributed by atoms with Gasteiger partial charge in [-0.15, -0.1) is 0 Å². The Balaban J connectivity index is 2.22. The summed E-state index contributed by atoms with van der Waals surface area (Å²) < 4.78 is 0. The van der Waals surface area contributed by atoms with Crippen molar-refractivity contribution < 1.29 is 5.11 Å². The van der Waals surface area contributed by atoms with Crippen molar-refractivity contribution >= 4 is 0 Å². The maximum absolute atomic E-state index is 9.77. The Kier molecular flexibility index (Phi) is 2.50. The van der Waals surface area contributed by atoms with Gasteiger partial charge in [0.1, 0.15) is 5.75 Å². The molecular formula is C18H20O. The van der Waals surface area contributed by atoms with E-state index in [1.807, 2.05) is 12.1 Å². The average Bonchev–Trinajstić information content (AvgIpc) is 2.59. The van der Waals surface area contributed by atoms with Crippen molar-refractivity contribution in [1.82, 2.24) is 0 Å². The summed E-state index contributed by atoms with van der Waals surface area (Å²) in [7, 11) is 0. The van der Waals surface area contributed by atoms with E-state index < -0.39 is 0 Å². The molecule has 1 atom stereocenters. The SMILES string of the molecule is CC1(C)CC(C)(c2cccc(O)c2)c2ccccc21. The molecule has 19 heavy (non-hydrogen) atoms. The van der Waals surface area contributed by atoms with E-state index >= 15 is 0 Å². The summed E-state index contributed by atoms with van der Waals surface area (Å²) in [5, 5.41) is 9.77. The molecule has 1 unspecified atom stereocenters. The number of phenolic OH excluding ortho intramolecular Hbond substituents is 1. The second kappa shape index (κ2) is 3.86. The van der Waals surface area contributed by atoms with Crippen LogP contribution in [0.4, 0.5) is 0 Å². The van der Waals surface area contributed by atoms with Crippen LogP contribution in [0.1, 0.15) is 43.9 Å². The molecule has 1 N–H and O–H groups in total. The Morgan fingerprint density at radius 2 is 1.58 bits per heavy atom. The number of benzene rings is 2. The third-order valence-corrected chi connectivity index (χ3v) is 4.53. The summed E-state index contributed by atoms with van der Waals surface area (Å²) in [6.07, 6.45) is 1.07. The fraction of sp³-hybridized carbons (Fsp3) is 0.333. The van der Waals surface area contributed by atoms with Crippen molar-refractivity contribution in [2.24, 2.45) is 0 Å². The lowest BCUT2D eigenvalue weighted by Gasteiger charge is -2.28. The first-order chi connectivity index (χ1) is 8.93. The second-order valence-corrected chi connectivity index (χ2v) is 6.49. The Bertz CT molecular complexity index is 627. The normalized spacial score (nSPS) is 24.2. The molecule has 0 spiro atoms. The third kappa shape index (κ3) is 1.76. The van der Waals surface area contributed by atoms with E-state index in [9.17, 15) is 5.11 Å². The van der Waals surface area contributed by atoms with Crippen LogP contribution >= 0.6 is 0 Å². The minimum Gasteiger partial charge on any atom is -0.508 e. The van der Waals surface area contributed by atoms with Crippen molar-refractivity contribution in [3.63, 3.8) is 0 Å². The van der Waals surface area contributed by atoms with Gasteiger partial charge in [-0.1, -0.05) is 57.2 Å². The number of phenols is 1. The number of fused-ring (bicyclic) bond motifs is 1. The van der Waals surface area contributed by atoms with Gasteiger partial charge in [-0.05, 0) is 40.7 Å². The lowest BCUT2D eigenvalue weighted by Crippen LogP contribution is -2.23. The highest BCUT2D eigenvalue weighted by Crippen LogP contribution is 2.52. The van der Waals surface area contributed by atoms with Crippen LogP contribution in [0.5, 0.6) is 5.75 Å². The summed E-state index contributed by atoms with van der Waals surface area (Å²) in [6, 6.07) is 16.4. The van der Waals surface area contributed by atoms with E-state index in [-0.39, 0.29) is 10.8 Å². The Labute approximate surface area is 114 Å². The van der Waals surface area contributed by atoms with Crippen molar-refractivity contribution in [1.29, 1.82) is 0 Å². The third-order valence-electron chi connectivity index (χ3n) is 4.53. The van der Waals surface area contributed by atoms with Gasteiger partial charge in [-0.2, -0.15) is 0 Å². The molecule has 0 saturated heterocycles. The van der Waals surface area contributed by atoms with Crippen molar-refractivity contribution in [3.8, 4) is 5.75 Å². The van der Waals surface area contributed by atoms with Gasteiger partial charge in [0.05, 0.1) is 0 Å². The van der Waals surface area contributed by atoms with Crippen molar-refractivity contribution in [3.05, 3.63) is 65.2 Å². The van der Waals surface area contributed by atoms with Gasteiger partial charge in [-0.3, -0.25) is 0 Å². The van der Waals surface area contributed by atoms with Gasteiger partial charge in [0.2, 0.25) is 0 Å². The zero-order valence-electron chi connectivity index (χ0n) is 11.8. The van der Waals surface area contributed by atoms with E-state index in [1.165, 1.54) is 16.7 Å². The van der Waals surface area contributed by atoms with Crippen molar-refractivity contribution in [2.45, 2.75) is 38.0 Å². The molecule has 1 aliphatic rings. The van der Waals surface area contributed by atoms with Gasteiger partial charge >= 0.3 is 0 Å². The number of hydrogen-bond donors (Lipinski definition) is 1. The lowest BCUT2D eigenvalue weighted by atomic mass is 9.75. The molecule has 1 heteroatoms. The topological polar surface area (TPSA) is 20.2 Å². The largest absolute Gasteiger partial charge is 0.508 e. The second-order valence-electron chi connectivity index (χ2n) is 6.49. The zero-order valence-corrected chi connectivity index (χ0v) is 11.8. The van der Waals surface area contributed by atoms with E-state index in [0.717, 1.165) is 6.42 Å². The maximum atomic E-state index is 9.77. The molecule has 0 saturated carbocycles. The summed E-state index contributed by atoms with van der Waals surface area (Å²) >= 11 is 0. The van der Waals surface area contributed by atoms with Gasteiger partial charge < -0.3 is 5.11 Å². The molecule has 2 aromatic rings.